The Labute approximate surface area is 205 Å². The SMILES string of the molecule is CCCCCN1C(=O)c2[nH]nc(-c3ccccc3O)c2C1c1cccc(OCc2ccccc2)c1. The molecule has 3 aromatic carbocycles. The molecular weight excluding hydrogens is 438 g/mol. The zero-order valence-corrected chi connectivity index (χ0v) is 19.8. The van der Waals surface area contributed by atoms with Crippen LogP contribution in [-0.2, 0) is 6.61 Å². The van der Waals surface area contributed by atoms with Crippen molar-refractivity contribution < 1.29 is 14.6 Å². The summed E-state index contributed by atoms with van der Waals surface area (Å²) in [7, 11) is 0. The minimum absolute atomic E-state index is 0.0640. The standard InChI is InChI=1S/C29H29N3O3/c1-2-3-9-17-32-28(21-13-10-14-22(18-21)35-19-20-11-5-4-6-12-20)25-26(30-31-27(25)29(32)34)23-15-7-8-16-24(23)33/h4-8,10-16,18,28,33H,2-3,9,17,19H2,1H3,(H,30,31). The lowest BCUT2D eigenvalue weighted by Crippen LogP contribution is -2.30. The third-order valence-electron chi connectivity index (χ3n) is 6.45. The molecule has 6 nitrogen and oxygen atoms in total. The molecule has 0 spiro atoms. The van der Waals surface area contributed by atoms with Crippen molar-refractivity contribution in [3.8, 4) is 22.8 Å². The van der Waals surface area contributed by atoms with Crippen molar-refractivity contribution in [1.82, 2.24) is 15.1 Å². The highest BCUT2D eigenvalue weighted by Crippen LogP contribution is 2.45. The molecule has 2 heterocycles. The zero-order chi connectivity index (χ0) is 24.2. The molecule has 0 aliphatic carbocycles. The second-order valence-corrected chi connectivity index (χ2v) is 8.83. The van der Waals surface area contributed by atoms with Crippen LogP contribution in [0.3, 0.4) is 0 Å². The molecule has 1 aliphatic heterocycles. The van der Waals surface area contributed by atoms with E-state index < -0.39 is 0 Å². The summed E-state index contributed by atoms with van der Waals surface area (Å²) in [6, 6.07) is 24.7. The Kier molecular flexibility index (Phi) is 6.53. The maximum Gasteiger partial charge on any atom is 0.273 e. The van der Waals surface area contributed by atoms with Gasteiger partial charge < -0.3 is 14.7 Å². The molecule has 0 radical (unpaired) electrons. The van der Waals surface area contributed by atoms with E-state index in [0.29, 0.717) is 30.1 Å². The molecule has 1 aromatic heterocycles. The topological polar surface area (TPSA) is 78.5 Å². The van der Waals surface area contributed by atoms with Crippen molar-refractivity contribution in [2.75, 3.05) is 6.54 Å². The molecule has 6 heteroatoms. The first kappa shape index (κ1) is 22.7. The lowest BCUT2D eigenvalue weighted by atomic mass is 9.95. The van der Waals surface area contributed by atoms with Crippen molar-refractivity contribution in [3.63, 3.8) is 0 Å². The number of carbonyl (C=O) groups excluding carboxylic acids is 1. The molecule has 1 unspecified atom stereocenters. The lowest BCUT2D eigenvalue weighted by Gasteiger charge is -2.27. The van der Waals surface area contributed by atoms with Crippen LogP contribution in [0.25, 0.3) is 11.3 Å². The fraction of sp³-hybridized carbons (Fsp3) is 0.241. The number of hydrogen-bond acceptors (Lipinski definition) is 4. The van der Waals surface area contributed by atoms with Crippen LogP contribution in [0.5, 0.6) is 11.5 Å². The third-order valence-corrected chi connectivity index (χ3v) is 6.45. The zero-order valence-electron chi connectivity index (χ0n) is 19.8. The molecule has 0 bridgehead atoms. The summed E-state index contributed by atoms with van der Waals surface area (Å²) in [5.74, 6) is 0.816. The van der Waals surface area contributed by atoms with E-state index in [4.69, 9.17) is 4.74 Å². The predicted octanol–water partition coefficient (Wildman–Crippen LogP) is 6.10. The van der Waals surface area contributed by atoms with E-state index in [1.165, 1.54) is 0 Å². The molecule has 2 N–H and O–H groups in total. The Balaban J connectivity index is 1.53. The second-order valence-electron chi connectivity index (χ2n) is 8.83. The number of amides is 1. The molecule has 35 heavy (non-hydrogen) atoms. The number of H-pyrrole nitrogens is 1. The average molecular weight is 468 g/mol. The minimum Gasteiger partial charge on any atom is -0.507 e. The molecule has 178 valence electrons. The number of rotatable bonds is 9. The summed E-state index contributed by atoms with van der Waals surface area (Å²) in [5, 5.41) is 17.9. The van der Waals surface area contributed by atoms with Crippen LogP contribution in [0.1, 0.15) is 59.4 Å². The summed E-state index contributed by atoms with van der Waals surface area (Å²) in [5.41, 5.74) is 4.54. The number of nitrogens with zero attached hydrogens (tertiary/aromatic N) is 2. The van der Waals surface area contributed by atoms with Gasteiger partial charge in [0.05, 0.1) is 6.04 Å². The summed E-state index contributed by atoms with van der Waals surface area (Å²) in [4.78, 5) is 15.4. The number of benzene rings is 3. The molecule has 4 aromatic rings. The number of aromatic amines is 1. The first-order valence-corrected chi connectivity index (χ1v) is 12.1. The van der Waals surface area contributed by atoms with E-state index >= 15 is 0 Å². The van der Waals surface area contributed by atoms with Gasteiger partial charge in [0, 0.05) is 17.7 Å². The van der Waals surface area contributed by atoms with Gasteiger partial charge in [-0.05, 0) is 41.8 Å². The van der Waals surface area contributed by atoms with E-state index in [9.17, 15) is 9.90 Å². The summed E-state index contributed by atoms with van der Waals surface area (Å²) in [6.45, 7) is 3.27. The highest BCUT2D eigenvalue weighted by molar-refractivity contribution is 6.00. The highest BCUT2D eigenvalue weighted by atomic mass is 16.5. The molecule has 0 fully saturated rings. The highest BCUT2D eigenvalue weighted by Gasteiger charge is 2.42. The van der Waals surface area contributed by atoms with Gasteiger partial charge in [0.25, 0.3) is 5.91 Å². The van der Waals surface area contributed by atoms with Crippen molar-refractivity contribution in [3.05, 3.63) is 101 Å². The van der Waals surface area contributed by atoms with Crippen molar-refractivity contribution in [2.24, 2.45) is 0 Å². The van der Waals surface area contributed by atoms with Gasteiger partial charge in [-0.1, -0.05) is 74.4 Å². The van der Waals surface area contributed by atoms with Crippen LogP contribution >= 0.6 is 0 Å². The Bertz CT molecular complexity index is 1320. The van der Waals surface area contributed by atoms with Gasteiger partial charge >= 0.3 is 0 Å². The number of nitrogens with one attached hydrogen (secondary N) is 1. The number of aromatic hydroxyl groups is 1. The Hall–Kier alpha value is -4.06. The number of hydrogen-bond donors (Lipinski definition) is 2. The van der Waals surface area contributed by atoms with Crippen molar-refractivity contribution in [2.45, 2.75) is 38.8 Å². The van der Waals surface area contributed by atoms with Gasteiger partial charge in [0.2, 0.25) is 0 Å². The van der Waals surface area contributed by atoms with Crippen LogP contribution in [0, 0.1) is 0 Å². The van der Waals surface area contributed by atoms with Gasteiger partial charge in [-0.25, -0.2) is 0 Å². The Morgan fingerprint density at radius 3 is 2.60 bits per heavy atom. The second kappa shape index (κ2) is 10.1. The van der Waals surface area contributed by atoms with Gasteiger partial charge in [0.15, 0.2) is 0 Å². The van der Waals surface area contributed by atoms with Crippen LogP contribution in [0.4, 0.5) is 0 Å². The van der Waals surface area contributed by atoms with Crippen molar-refractivity contribution in [1.29, 1.82) is 0 Å². The van der Waals surface area contributed by atoms with Crippen LogP contribution in [0.2, 0.25) is 0 Å². The number of carbonyl (C=O) groups is 1. The molecule has 1 aliphatic rings. The quantitative estimate of drug-likeness (QED) is 0.292. The number of ether oxygens (including phenoxy) is 1. The Morgan fingerprint density at radius 2 is 1.80 bits per heavy atom. The van der Waals surface area contributed by atoms with E-state index in [2.05, 4.69) is 17.1 Å². The average Bonchev–Trinajstić information content (AvgIpc) is 3.43. The number of phenolic OH excluding ortho intramolecular Hbond substituents is 1. The summed E-state index contributed by atoms with van der Waals surface area (Å²) < 4.78 is 6.09. The van der Waals surface area contributed by atoms with Crippen LogP contribution < -0.4 is 4.74 Å². The molecular formula is C29H29N3O3. The van der Waals surface area contributed by atoms with Gasteiger partial charge in [-0.3, -0.25) is 9.89 Å². The van der Waals surface area contributed by atoms with Crippen LogP contribution in [0.15, 0.2) is 78.9 Å². The molecule has 0 saturated heterocycles. The number of phenols is 1. The fourth-order valence-corrected chi connectivity index (χ4v) is 4.70. The normalized spacial score (nSPS) is 14.8. The monoisotopic (exact) mass is 467 g/mol. The maximum atomic E-state index is 13.5. The van der Waals surface area contributed by atoms with Crippen molar-refractivity contribution >= 4 is 5.91 Å². The molecule has 1 atom stereocenters. The number of fused-ring (bicyclic) bond motifs is 1. The van der Waals surface area contributed by atoms with E-state index in [0.717, 1.165) is 41.7 Å². The maximum absolute atomic E-state index is 13.5. The number of aromatic nitrogens is 2. The number of unbranched alkanes of at least 4 members (excludes halogenated alkanes) is 2. The fourth-order valence-electron chi connectivity index (χ4n) is 4.70. The third kappa shape index (κ3) is 4.52. The van der Waals surface area contributed by atoms with E-state index in [-0.39, 0.29) is 17.7 Å². The predicted molar refractivity (Wildman–Crippen MR) is 135 cm³/mol. The van der Waals surface area contributed by atoms with E-state index in [1.54, 1.807) is 12.1 Å². The van der Waals surface area contributed by atoms with Gasteiger partial charge in [-0.15, -0.1) is 0 Å². The van der Waals surface area contributed by atoms with Gasteiger partial charge in [0.1, 0.15) is 29.5 Å². The first-order chi connectivity index (χ1) is 17.2. The molecule has 5 rings (SSSR count). The Morgan fingerprint density at radius 1 is 1.00 bits per heavy atom. The largest absolute Gasteiger partial charge is 0.507 e. The first-order valence-electron chi connectivity index (χ1n) is 12.1. The lowest BCUT2D eigenvalue weighted by molar-refractivity contribution is 0.0740. The minimum atomic E-state index is -0.317. The number of para-hydroxylation sites is 1. The summed E-state index contributed by atoms with van der Waals surface area (Å²) in [6.07, 6.45) is 3.05. The van der Waals surface area contributed by atoms with E-state index in [1.807, 2.05) is 71.6 Å². The molecule has 0 saturated carbocycles. The smallest absolute Gasteiger partial charge is 0.273 e. The summed E-state index contributed by atoms with van der Waals surface area (Å²) >= 11 is 0. The van der Waals surface area contributed by atoms with Gasteiger partial charge in [-0.2, -0.15) is 5.10 Å². The van der Waals surface area contributed by atoms with Crippen LogP contribution in [-0.4, -0.2) is 32.7 Å². The molecule has 1 amide bonds.